The molecule has 0 aliphatic carbocycles. The molecule has 1 aliphatic rings. The predicted molar refractivity (Wildman–Crippen MR) is 80.5 cm³/mol. The fraction of sp³-hybridized carbons (Fsp3) is 0.333. The van der Waals surface area contributed by atoms with Crippen LogP contribution in [0.3, 0.4) is 0 Å². The summed E-state index contributed by atoms with van der Waals surface area (Å²) < 4.78 is 45.9. The summed E-state index contributed by atoms with van der Waals surface area (Å²) in [4.78, 5) is 22.0. The maximum atomic E-state index is 13.0. The molecule has 1 aliphatic heterocycles. The standard InChI is InChI=1S/C12H11F3IN3O3/c1-2-21-7-19(11-16-6-18-22-11)10(20)8-5-17-4-3-9(8)12(13,14)15/h3-6H,2,7H2,1H3. The highest BCUT2D eigenvalue weighted by molar-refractivity contribution is 14.2. The highest BCUT2D eigenvalue weighted by atomic mass is 127. The zero-order valence-electron chi connectivity index (χ0n) is 11.3. The number of hydrogen-bond acceptors (Lipinski definition) is 5. The first kappa shape index (κ1) is 16.8. The summed E-state index contributed by atoms with van der Waals surface area (Å²) in [6.45, 7) is 1.80. The van der Waals surface area contributed by atoms with E-state index in [0.717, 1.165) is 23.4 Å². The number of alkyl halides is 3. The fourth-order valence-electron chi connectivity index (χ4n) is 1.58. The normalized spacial score (nSPS) is 14.1. The minimum Gasteiger partial charge on any atom is -0.361 e. The highest BCUT2D eigenvalue weighted by Crippen LogP contribution is 2.32. The average Bonchev–Trinajstić information content (AvgIpc) is 3.00. The molecule has 0 N–H and O–H groups in total. The minimum absolute atomic E-state index is 0.208. The van der Waals surface area contributed by atoms with Crippen molar-refractivity contribution in [1.29, 1.82) is 0 Å². The summed E-state index contributed by atoms with van der Waals surface area (Å²) >= 11 is -0.820. The van der Waals surface area contributed by atoms with Crippen molar-refractivity contribution in [3.63, 3.8) is 0 Å². The second kappa shape index (κ2) is 7.13. The molecule has 0 bridgehead atoms. The Morgan fingerprint density at radius 2 is 2.27 bits per heavy atom. The molecule has 0 unspecified atom stereocenters. The van der Waals surface area contributed by atoms with Crippen LogP contribution in [0.4, 0.5) is 13.2 Å². The molecule has 0 saturated carbocycles. The maximum absolute atomic E-state index is 13.0. The molecule has 0 spiro atoms. The van der Waals surface area contributed by atoms with E-state index in [1.165, 1.54) is 4.22 Å². The molecule has 0 radical (unpaired) electrons. The third-order valence-corrected chi connectivity index (χ3v) is 4.37. The second-order valence-electron chi connectivity index (χ2n) is 3.93. The van der Waals surface area contributed by atoms with E-state index in [9.17, 15) is 18.0 Å². The Hall–Kier alpha value is -1.56. The van der Waals surface area contributed by atoms with Crippen LogP contribution in [0.5, 0.6) is 0 Å². The lowest BCUT2D eigenvalue weighted by Gasteiger charge is -2.22. The summed E-state index contributed by atoms with van der Waals surface area (Å²) in [6, 6.07) is 0.762. The maximum Gasteiger partial charge on any atom is 0.417 e. The predicted octanol–water partition coefficient (Wildman–Crippen LogP) is 2.57. The number of aromatic nitrogens is 1. The monoisotopic (exact) mass is 429 g/mol. The topological polar surface area (TPSA) is 64.0 Å². The highest BCUT2D eigenvalue weighted by Gasteiger charge is 2.37. The van der Waals surface area contributed by atoms with E-state index in [-0.39, 0.29) is 10.5 Å². The van der Waals surface area contributed by atoms with Crippen molar-refractivity contribution < 1.29 is 27.5 Å². The third-order valence-electron chi connectivity index (χ3n) is 2.55. The Morgan fingerprint density at radius 3 is 2.86 bits per heavy atom. The molecule has 0 fully saturated rings. The lowest BCUT2D eigenvalue weighted by Crippen LogP contribution is -2.39. The van der Waals surface area contributed by atoms with Crippen molar-refractivity contribution in [2.45, 2.75) is 13.1 Å². The van der Waals surface area contributed by atoms with Gasteiger partial charge in [0.05, 0.1) is 11.1 Å². The lowest BCUT2D eigenvalue weighted by atomic mass is 10.1. The average molecular weight is 429 g/mol. The number of pyridine rings is 1. The Balaban J connectivity index is 2.35. The molecule has 2 rings (SSSR count). The van der Waals surface area contributed by atoms with Gasteiger partial charge in [-0.3, -0.25) is 9.78 Å². The van der Waals surface area contributed by atoms with Gasteiger partial charge >= 0.3 is 6.18 Å². The van der Waals surface area contributed by atoms with E-state index in [4.69, 9.17) is 9.57 Å². The van der Waals surface area contributed by atoms with Gasteiger partial charge in [-0.15, -0.1) is 0 Å². The SMILES string of the molecule is CCOCN(C(=O)c1cnccc1C(F)(F)F)C1=IC=NO1. The van der Waals surface area contributed by atoms with E-state index in [1.54, 1.807) is 6.92 Å². The van der Waals surface area contributed by atoms with Crippen LogP contribution in [0.15, 0.2) is 23.6 Å². The number of oxime groups is 1. The van der Waals surface area contributed by atoms with Crippen LogP contribution in [0, 0.1) is 0 Å². The van der Waals surface area contributed by atoms with Crippen molar-refractivity contribution in [2.75, 3.05) is 13.3 Å². The molecule has 0 atom stereocenters. The van der Waals surface area contributed by atoms with Gasteiger partial charge < -0.3 is 9.57 Å². The minimum atomic E-state index is -4.65. The Kier molecular flexibility index (Phi) is 5.45. The molecule has 10 heteroatoms. The first-order valence-corrected chi connectivity index (χ1v) is 8.37. The Bertz CT molecular complexity index is 619. The van der Waals surface area contributed by atoms with E-state index < -0.39 is 43.9 Å². The van der Waals surface area contributed by atoms with E-state index in [0.29, 0.717) is 6.61 Å². The summed E-state index contributed by atoms with van der Waals surface area (Å²) in [7, 11) is 0. The van der Waals surface area contributed by atoms with E-state index in [2.05, 4.69) is 10.1 Å². The molecule has 120 valence electrons. The lowest BCUT2D eigenvalue weighted by molar-refractivity contribution is -0.138. The number of rotatable bonds is 5. The number of nitrogens with zero attached hydrogens (tertiary/aromatic N) is 3. The fourth-order valence-corrected chi connectivity index (χ4v) is 2.97. The quantitative estimate of drug-likeness (QED) is 0.534. The van der Waals surface area contributed by atoms with Crippen molar-refractivity contribution in [3.05, 3.63) is 29.6 Å². The molecule has 6 nitrogen and oxygen atoms in total. The summed E-state index contributed by atoms with van der Waals surface area (Å²) in [5.41, 5.74) is -1.60. The van der Waals surface area contributed by atoms with Gasteiger partial charge in [0.1, 0.15) is 11.0 Å². The number of carbonyl (C=O) groups excluding carboxylic acids is 1. The van der Waals surface area contributed by atoms with E-state index >= 15 is 0 Å². The summed E-state index contributed by atoms with van der Waals surface area (Å²) in [6.07, 6.45) is -2.78. The van der Waals surface area contributed by atoms with Gasteiger partial charge in [0.15, 0.2) is 0 Å². The zero-order valence-corrected chi connectivity index (χ0v) is 13.5. The van der Waals surface area contributed by atoms with Gasteiger partial charge in [-0.25, -0.2) is 4.90 Å². The third kappa shape index (κ3) is 3.80. The molecule has 1 aromatic rings. The molecule has 0 saturated heterocycles. The Morgan fingerprint density at radius 1 is 1.50 bits per heavy atom. The molecule has 1 aromatic heterocycles. The summed E-state index contributed by atoms with van der Waals surface area (Å²) in [5, 5.41) is 3.54. The second-order valence-corrected chi connectivity index (χ2v) is 6.03. The largest absolute Gasteiger partial charge is 0.417 e. The van der Waals surface area contributed by atoms with Gasteiger partial charge in [-0.05, 0) is 13.0 Å². The van der Waals surface area contributed by atoms with Crippen LogP contribution >= 0.6 is 20.7 Å². The van der Waals surface area contributed by atoms with Crippen LogP contribution in [0.1, 0.15) is 22.8 Å². The molecular weight excluding hydrogens is 418 g/mol. The van der Waals surface area contributed by atoms with Crippen LogP contribution in [-0.4, -0.2) is 37.2 Å². The molecular formula is C12H11F3IN3O3. The first-order valence-electron chi connectivity index (χ1n) is 6.05. The summed E-state index contributed by atoms with van der Waals surface area (Å²) in [5.74, 6) is -0.880. The zero-order chi connectivity index (χ0) is 16.2. The van der Waals surface area contributed by atoms with Gasteiger partial charge in [-0.1, -0.05) is 5.16 Å². The number of halogens is 4. The van der Waals surface area contributed by atoms with Crippen LogP contribution in [-0.2, 0) is 15.8 Å². The van der Waals surface area contributed by atoms with Crippen LogP contribution < -0.4 is 0 Å². The number of hydrogen-bond donors (Lipinski definition) is 0. The first-order chi connectivity index (χ1) is 10.4. The molecule has 0 aromatic carbocycles. The number of ether oxygens (including phenoxy) is 1. The van der Waals surface area contributed by atoms with Gasteiger partial charge in [0.25, 0.3) is 9.73 Å². The van der Waals surface area contributed by atoms with Gasteiger partial charge in [-0.2, -0.15) is 13.2 Å². The molecule has 1 amide bonds. The van der Waals surface area contributed by atoms with Crippen molar-refractivity contribution in [3.8, 4) is 0 Å². The van der Waals surface area contributed by atoms with Crippen molar-refractivity contribution in [2.24, 2.45) is 5.16 Å². The molecule has 22 heavy (non-hydrogen) atoms. The van der Waals surface area contributed by atoms with E-state index in [1.807, 2.05) is 0 Å². The van der Waals surface area contributed by atoms with Crippen molar-refractivity contribution in [1.82, 2.24) is 9.88 Å². The van der Waals surface area contributed by atoms with Crippen LogP contribution in [0.25, 0.3) is 0 Å². The number of amides is 1. The van der Waals surface area contributed by atoms with Gasteiger partial charge in [0, 0.05) is 39.7 Å². The smallest absolute Gasteiger partial charge is 0.361 e. The number of carbonyl (C=O) groups is 1. The Labute approximate surface area is 133 Å². The molecule has 2 heterocycles. The van der Waals surface area contributed by atoms with Gasteiger partial charge in [0.2, 0.25) is 0 Å². The van der Waals surface area contributed by atoms with Crippen molar-refractivity contribution >= 4 is 34.7 Å². The van der Waals surface area contributed by atoms with Crippen LogP contribution in [0.2, 0.25) is 0 Å².